The summed E-state index contributed by atoms with van der Waals surface area (Å²) in [6.07, 6.45) is 3.27. The average molecular weight is 378 g/mol. The fraction of sp³-hybridized carbons (Fsp3) is 0.211. The third-order valence-electron chi connectivity index (χ3n) is 4.28. The van der Waals surface area contributed by atoms with E-state index >= 15 is 0 Å². The number of aromatic nitrogens is 1. The van der Waals surface area contributed by atoms with Crippen molar-refractivity contribution >= 4 is 23.1 Å². The molecule has 1 N–H and O–H groups in total. The number of nitrogens with zero attached hydrogens (tertiary/aromatic N) is 5. The van der Waals surface area contributed by atoms with Crippen molar-refractivity contribution in [3.63, 3.8) is 0 Å². The van der Waals surface area contributed by atoms with Crippen LogP contribution in [0.25, 0.3) is 0 Å². The Morgan fingerprint density at radius 1 is 1.21 bits per heavy atom. The fourth-order valence-electron chi connectivity index (χ4n) is 2.84. The molecule has 9 nitrogen and oxygen atoms in total. The minimum absolute atomic E-state index is 0.0576. The Labute approximate surface area is 161 Å². The number of non-ortho nitro benzene ring substituents is 1. The van der Waals surface area contributed by atoms with Gasteiger partial charge < -0.3 is 15.1 Å². The zero-order chi connectivity index (χ0) is 19.9. The zero-order valence-corrected chi connectivity index (χ0v) is 15.0. The molecule has 0 atom stereocenters. The van der Waals surface area contributed by atoms with Crippen molar-refractivity contribution in [3.8, 4) is 6.07 Å². The Morgan fingerprint density at radius 3 is 2.64 bits per heavy atom. The molecular weight excluding hydrogens is 360 g/mol. The summed E-state index contributed by atoms with van der Waals surface area (Å²) in [6.45, 7) is 2.73. The predicted octanol–water partition coefficient (Wildman–Crippen LogP) is 2.16. The lowest BCUT2D eigenvalue weighted by Gasteiger charge is -2.34. The molecule has 3 rings (SSSR count). The molecule has 1 aliphatic heterocycles. The van der Waals surface area contributed by atoms with E-state index in [2.05, 4.69) is 15.2 Å². The molecule has 2 aromatic rings. The number of pyridine rings is 1. The molecule has 0 spiro atoms. The number of nitrogens with one attached hydrogen (secondary N) is 1. The average Bonchev–Trinajstić information content (AvgIpc) is 2.73. The Kier molecular flexibility index (Phi) is 5.81. The summed E-state index contributed by atoms with van der Waals surface area (Å²) in [5, 5.41) is 22.7. The summed E-state index contributed by atoms with van der Waals surface area (Å²) < 4.78 is 0. The van der Waals surface area contributed by atoms with Gasteiger partial charge in [0.05, 0.1) is 4.92 Å². The number of hydrogen-bond donors (Lipinski definition) is 1. The molecule has 1 fully saturated rings. The molecule has 1 aromatic heterocycles. The van der Waals surface area contributed by atoms with Gasteiger partial charge in [-0.1, -0.05) is 12.1 Å². The smallest absolute Gasteiger partial charge is 0.271 e. The van der Waals surface area contributed by atoms with Gasteiger partial charge in [-0.2, -0.15) is 5.26 Å². The van der Waals surface area contributed by atoms with Gasteiger partial charge in [0.15, 0.2) is 0 Å². The predicted molar refractivity (Wildman–Crippen MR) is 103 cm³/mol. The summed E-state index contributed by atoms with van der Waals surface area (Å²) in [6, 6.07) is 13.2. The Bertz CT molecular complexity index is 930. The summed E-state index contributed by atoms with van der Waals surface area (Å²) in [5.41, 5.74) is 0.0732. The minimum atomic E-state index is -0.602. The Hall–Kier alpha value is -3.93. The largest absolute Gasteiger partial charge is 0.373 e. The van der Waals surface area contributed by atoms with Crippen LogP contribution in [0.15, 0.2) is 60.4 Å². The maximum absolute atomic E-state index is 12.4. The molecule has 1 aromatic carbocycles. The number of amides is 1. The van der Waals surface area contributed by atoms with Crippen molar-refractivity contribution in [3.05, 3.63) is 70.5 Å². The summed E-state index contributed by atoms with van der Waals surface area (Å²) in [4.78, 5) is 31.0. The standard InChI is InChI=1S/C19H18N6O3/c20-13-15(19(26)22-16-4-3-5-17(12-16)25(27)28)14-23-8-10-24(11-9-23)18-6-1-2-7-21-18/h1-7,12,14H,8-11H2,(H,22,26)/b15-14-. The topological polar surface area (TPSA) is 115 Å². The number of rotatable bonds is 5. The number of nitro benzene ring substituents is 1. The Morgan fingerprint density at radius 2 is 2.00 bits per heavy atom. The van der Waals surface area contributed by atoms with Crippen LogP contribution in [0.3, 0.4) is 0 Å². The summed E-state index contributed by atoms with van der Waals surface area (Å²) in [5.74, 6) is 0.296. The van der Waals surface area contributed by atoms with Crippen LogP contribution in [-0.4, -0.2) is 46.9 Å². The van der Waals surface area contributed by atoms with E-state index in [1.807, 2.05) is 29.2 Å². The quantitative estimate of drug-likeness (QED) is 0.367. The van der Waals surface area contributed by atoms with E-state index < -0.39 is 10.8 Å². The van der Waals surface area contributed by atoms with Crippen molar-refractivity contribution in [1.29, 1.82) is 5.26 Å². The minimum Gasteiger partial charge on any atom is -0.373 e. The second kappa shape index (κ2) is 8.64. The van der Waals surface area contributed by atoms with E-state index in [0.29, 0.717) is 13.1 Å². The van der Waals surface area contributed by atoms with Gasteiger partial charge in [-0.15, -0.1) is 0 Å². The fourth-order valence-corrected chi connectivity index (χ4v) is 2.84. The van der Waals surface area contributed by atoms with Gasteiger partial charge >= 0.3 is 0 Å². The van der Waals surface area contributed by atoms with Crippen LogP contribution >= 0.6 is 0 Å². The van der Waals surface area contributed by atoms with Crippen molar-refractivity contribution in [2.75, 3.05) is 36.4 Å². The first kappa shape index (κ1) is 18.8. The van der Waals surface area contributed by atoms with E-state index in [-0.39, 0.29) is 16.9 Å². The van der Waals surface area contributed by atoms with Crippen LogP contribution in [0.2, 0.25) is 0 Å². The number of nitro groups is 1. The molecule has 9 heteroatoms. The molecule has 142 valence electrons. The van der Waals surface area contributed by atoms with E-state index in [9.17, 15) is 20.2 Å². The molecule has 0 radical (unpaired) electrons. The lowest BCUT2D eigenvalue weighted by atomic mass is 10.2. The van der Waals surface area contributed by atoms with Gasteiger partial charge in [0.2, 0.25) is 0 Å². The molecule has 2 heterocycles. The molecule has 1 saturated heterocycles. The second-order valence-corrected chi connectivity index (χ2v) is 6.13. The van der Waals surface area contributed by atoms with E-state index in [4.69, 9.17) is 0 Å². The van der Waals surface area contributed by atoms with Crippen LogP contribution in [0.4, 0.5) is 17.2 Å². The first-order chi connectivity index (χ1) is 13.6. The van der Waals surface area contributed by atoms with Gasteiger partial charge in [0, 0.05) is 56.4 Å². The van der Waals surface area contributed by atoms with Crippen molar-refractivity contribution < 1.29 is 9.72 Å². The highest BCUT2D eigenvalue weighted by molar-refractivity contribution is 6.06. The number of carbonyl (C=O) groups excluding carboxylic acids is 1. The summed E-state index contributed by atoms with van der Waals surface area (Å²) in [7, 11) is 0. The first-order valence-electron chi connectivity index (χ1n) is 8.64. The molecular formula is C19H18N6O3. The monoisotopic (exact) mass is 378 g/mol. The van der Waals surface area contributed by atoms with Crippen LogP contribution < -0.4 is 10.2 Å². The van der Waals surface area contributed by atoms with E-state index in [1.54, 1.807) is 6.20 Å². The van der Waals surface area contributed by atoms with Gasteiger partial charge in [-0.05, 0) is 18.2 Å². The van der Waals surface area contributed by atoms with Gasteiger partial charge in [0.1, 0.15) is 17.5 Å². The molecule has 0 aliphatic carbocycles. The van der Waals surface area contributed by atoms with Gasteiger partial charge in [-0.3, -0.25) is 14.9 Å². The third kappa shape index (κ3) is 4.62. The summed E-state index contributed by atoms with van der Waals surface area (Å²) >= 11 is 0. The zero-order valence-electron chi connectivity index (χ0n) is 15.0. The number of carbonyl (C=O) groups is 1. The molecule has 0 unspecified atom stereocenters. The maximum atomic E-state index is 12.4. The normalized spacial score (nSPS) is 14.3. The molecule has 0 bridgehead atoms. The highest BCUT2D eigenvalue weighted by Crippen LogP contribution is 2.18. The number of benzene rings is 1. The van der Waals surface area contributed by atoms with Crippen LogP contribution in [0, 0.1) is 21.4 Å². The molecule has 1 aliphatic rings. The molecule has 1 amide bonds. The lowest BCUT2D eigenvalue weighted by Crippen LogP contribution is -2.44. The second-order valence-electron chi connectivity index (χ2n) is 6.13. The third-order valence-corrected chi connectivity index (χ3v) is 4.28. The van der Waals surface area contributed by atoms with Crippen LogP contribution in [0.5, 0.6) is 0 Å². The van der Waals surface area contributed by atoms with Crippen molar-refractivity contribution in [2.24, 2.45) is 0 Å². The van der Waals surface area contributed by atoms with E-state index in [1.165, 1.54) is 30.5 Å². The number of hydrogen-bond acceptors (Lipinski definition) is 7. The Balaban J connectivity index is 1.62. The van der Waals surface area contributed by atoms with Crippen LogP contribution in [0.1, 0.15) is 0 Å². The number of anilines is 2. The lowest BCUT2D eigenvalue weighted by molar-refractivity contribution is -0.384. The number of nitriles is 1. The number of piperazine rings is 1. The van der Waals surface area contributed by atoms with Gasteiger partial charge in [-0.25, -0.2) is 4.98 Å². The first-order valence-corrected chi connectivity index (χ1v) is 8.64. The van der Waals surface area contributed by atoms with E-state index in [0.717, 1.165) is 18.9 Å². The molecule has 28 heavy (non-hydrogen) atoms. The highest BCUT2D eigenvalue weighted by atomic mass is 16.6. The SMILES string of the molecule is N#C/C(=C/N1CCN(c2ccccn2)CC1)C(=O)Nc1cccc([N+](=O)[O-])c1. The van der Waals surface area contributed by atoms with Crippen molar-refractivity contribution in [2.45, 2.75) is 0 Å². The maximum Gasteiger partial charge on any atom is 0.271 e. The van der Waals surface area contributed by atoms with Crippen LogP contribution in [-0.2, 0) is 4.79 Å². The van der Waals surface area contributed by atoms with Gasteiger partial charge in [0.25, 0.3) is 11.6 Å². The highest BCUT2D eigenvalue weighted by Gasteiger charge is 2.18. The van der Waals surface area contributed by atoms with Crippen molar-refractivity contribution in [1.82, 2.24) is 9.88 Å². The molecule has 0 saturated carbocycles.